The number of para-hydroxylation sites is 2. The van der Waals surface area contributed by atoms with Crippen LogP contribution in [0, 0.1) is 0 Å². The van der Waals surface area contributed by atoms with Gasteiger partial charge in [-0.2, -0.15) is 0 Å². The average Bonchev–Trinajstić information content (AvgIpc) is 3.54. The summed E-state index contributed by atoms with van der Waals surface area (Å²) < 4.78 is 2.64. The van der Waals surface area contributed by atoms with Crippen molar-refractivity contribution in [2.75, 3.05) is 4.90 Å². The Hall–Kier alpha value is -5.96. The van der Waals surface area contributed by atoms with Crippen molar-refractivity contribution < 1.29 is 0 Å². The van der Waals surface area contributed by atoms with Crippen LogP contribution in [0.5, 0.6) is 0 Å². The summed E-state index contributed by atoms with van der Waals surface area (Å²) in [7, 11) is 0. The smallest absolute Gasteiger partial charge is 0.0540 e. The minimum absolute atomic E-state index is 1.12. The van der Waals surface area contributed by atoms with Gasteiger partial charge in [0.05, 0.1) is 5.69 Å². The first-order valence-corrected chi connectivity index (χ1v) is 17.2. The minimum Gasteiger partial charge on any atom is -0.310 e. The van der Waals surface area contributed by atoms with Crippen LogP contribution >= 0.6 is 11.3 Å². The number of rotatable bonds is 6. The van der Waals surface area contributed by atoms with Crippen LogP contribution in [0.25, 0.3) is 64.3 Å². The van der Waals surface area contributed by atoms with Gasteiger partial charge in [0.15, 0.2) is 0 Å². The third-order valence-corrected chi connectivity index (χ3v) is 10.4. The number of nitrogens with zero attached hydrogens (tertiary/aromatic N) is 1. The number of hydrogen-bond donors (Lipinski definition) is 0. The highest BCUT2D eigenvalue weighted by Gasteiger charge is 2.18. The van der Waals surface area contributed by atoms with Crippen LogP contribution in [0.2, 0.25) is 0 Å². The van der Waals surface area contributed by atoms with Crippen molar-refractivity contribution in [1.82, 2.24) is 0 Å². The lowest BCUT2D eigenvalue weighted by Gasteiger charge is -2.28. The Morgan fingerprint density at radius 1 is 0.333 bits per heavy atom. The second-order valence-corrected chi connectivity index (χ2v) is 13.2. The zero-order valence-corrected chi connectivity index (χ0v) is 27.1. The summed E-state index contributed by atoms with van der Waals surface area (Å²) in [6, 6.07) is 68.1. The summed E-state index contributed by atoms with van der Waals surface area (Å²) >= 11 is 1.86. The lowest BCUT2D eigenvalue weighted by atomic mass is 9.95. The van der Waals surface area contributed by atoms with E-state index in [1.165, 1.54) is 64.3 Å². The summed E-state index contributed by atoms with van der Waals surface area (Å²) in [5.74, 6) is 0. The highest BCUT2D eigenvalue weighted by atomic mass is 32.1. The van der Waals surface area contributed by atoms with E-state index in [2.05, 4.69) is 193 Å². The standard InChI is InChI=1S/C46H31NS/c1-2-16-37(17-3-1)47(44-22-8-6-19-41(44)36-26-29-46-43(31-36)42-20-7-9-23-45(42)48-46)38-27-24-32(25-28-38)34-14-10-15-35(30-34)40-21-11-13-33-12-4-5-18-39(33)40/h1-31H. The maximum Gasteiger partial charge on any atom is 0.0540 e. The number of benzene rings is 8. The first-order valence-electron chi connectivity index (χ1n) is 16.3. The molecule has 0 aliphatic rings. The molecule has 9 aromatic rings. The van der Waals surface area contributed by atoms with Crippen LogP contribution in [-0.4, -0.2) is 0 Å². The van der Waals surface area contributed by atoms with Crippen LogP contribution in [0.15, 0.2) is 188 Å². The SMILES string of the molecule is c1ccc(N(c2ccc(-c3cccc(-c4cccc5ccccc45)c3)cc2)c2ccccc2-c2ccc3sc4ccccc4c3c2)cc1. The van der Waals surface area contributed by atoms with Crippen molar-refractivity contribution >= 4 is 59.3 Å². The Labute approximate surface area is 284 Å². The second kappa shape index (κ2) is 12.0. The van der Waals surface area contributed by atoms with E-state index in [-0.39, 0.29) is 0 Å². The molecule has 0 fully saturated rings. The van der Waals surface area contributed by atoms with E-state index in [1.54, 1.807) is 0 Å². The van der Waals surface area contributed by atoms with E-state index in [0.29, 0.717) is 0 Å². The van der Waals surface area contributed by atoms with Gasteiger partial charge in [0.1, 0.15) is 0 Å². The lowest BCUT2D eigenvalue weighted by molar-refractivity contribution is 1.28. The van der Waals surface area contributed by atoms with Gasteiger partial charge in [0.2, 0.25) is 0 Å². The van der Waals surface area contributed by atoms with Gasteiger partial charge in [-0.25, -0.2) is 0 Å². The second-order valence-electron chi connectivity index (χ2n) is 12.2. The first-order chi connectivity index (χ1) is 23.8. The molecule has 0 N–H and O–H groups in total. The molecule has 0 saturated heterocycles. The van der Waals surface area contributed by atoms with Gasteiger partial charge in [-0.15, -0.1) is 11.3 Å². The molecule has 0 radical (unpaired) electrons. The molecule has 9 rings (SSSR count). The van der Waals surface area contributed by atoms with Crippen molar-refractivity contribution in [3.8, 4) is 33.4 Å². The third kappa shape index (κ3) is 5.04. The van der Waals surface area contributed by atoms with Crippen molar-refractivity contribution in [2.24, 2.45) is 0 Å². The molecule has 48 heavy (non-hydrogen) atoms. The predicted molar refractivity (Wildman–Crippen MR) is 208 cm³/mol. The summed E-state index contributed by atoms with van der Waals surface area (Å²) in [6.45, 7) is 0. The highest BCUT2D eigenvalue weighted by Crippen LogP contribution is 2.43. The quantitative estimate of drug-likeness (QED) is 0.177. The molecule has 8 aromatic carbocycles. The Kier molecular flexibility index (Phi) is 7.07. The fourth-order valence-corrected chi connectivity index (χ4v) is 8.04. The molecular formula is C46H31NS. The van der Waals surface area contributed by atoms with Crippen LogP contribution in [0.3, 0.4) is 0 Å². The molecule has 1 heterocycles. The third-order valence-electron chi connectivity index (χ3n) is 9.27. The largest absolute Gasteiger partial charge is 0.310 e. The Bertz CT molecular complexity index is 2560. The molecule has 0 saturated carbocycles. The van der Waals surface area contributed by atoms with Gasteiger partial charge in [-0.1, -0.05) is 133 Å². The monoisotopic (exact) mass is 629 g/mol. The maximum atomic E-state index is 2.38. The average molecular weight is 630 g/mol. The van der Waals surface area contributed by atoms with Crippen LogP contribution in [-0.2, 0) is 0 Å². The molecule has 0 aliphatic heterocycles. The molecule has 0 aliphatic carbocycles. The molecule has 0 amide bonds. The van der Waals surface area contributed by atoms with Crippen molar-refractivity contribution in [3.05, 3.63) is 188 Å². The number of fused-ring (bicyclic) bond motifs is 4. The van der Waals surface area contributed by atoms with Crippen molar-refractivity contribution in [3.63, 3.8) is 0 Å². The van der Waals surface area contributed by atoms with Gasteiger partial charge in [0.25, 0.3) is 0 Å². The maximum absolute atomic E-state index is 2.38. The number of hydrogen-bond acceptors (Lipinski definition) is 2. The Morgan fingerprint density at radius 3 is 1.83 bits per heavy atom. The van der Waals surface area contributed by atoms with Gasteiger partial charge in [-0.3, -0.25) is 0 Å². The van der Waals surface area contributed by atoms with E-state index in [0.717, 1.165) is 17.1 Å². The Balaban J connectivity index is 1.13. The summed E-state index contributed by atoms with van der Waals surface area (Å²) in [6.07, 6.45) is 0. The lowest BCUT2D eigenvalue weighted by Crippen LogP contribution is -2.11. The van der Waals surface area contributed by atoms with Gasteiger partial charge < -0.3 is 4.90 Å². The van der Waals surface area contributed by atoms with E-state index >= 15 is 0 Å². The molecule has 1 nitrogen and oxygen atoms in total. The highest BCUT2D eigenvalue weighted by molar-refractivity contribution is 7.25. The zero-order valence-electron chi connectivity index (χ0n) is 26.3. The van der Waals surface area contributed by atoms with Gasteiger partial charge in [0, 0.05) is 37.1 Å². The summed E-state index contributed by atoms with van der Waals surface area (Å²) in [5, 5.41) is 5.16. The normalized spacial score (nSPS) is 11.3. The zero-order chi connectivity index (χ0) is 31.9. The topological polar surface area (TPSA) is 3.24 Å². The molecule has 0 bridgehead atoms. The van der Waals surface area contributed by atoms with E-state index < -0.39 is 0 Å². The fraction of sp³-hybridized carbons (Fsp3) is 0. The van der Waals surface area contributed by atoms with Crippen molar-refractivity contribution in [1.29, 1.82) is 0 Å². The number of anilines is 3. The molecule has 226 valence electrons. The van der Waals surface area contributed by atoms with Gasteiger partial charge in [-0.05, 0) is 93.2 Å². The first kappa shape index (κ1) is 28.3. The molecular weight excluding hydrogens is 599 g/mol. The van der Waals surface area contributed by atoms with Crippen LogP contribution in [0.4, 0.5) is 17.1 Å². The molecule has 0 unspecified atom stereocenters. The predicted octanol–water partition coefficient (Wildman–Crippen LogP) is 13.7. The van der Waals surface area contributed by atoms with E-state index in [9.17, 15) is 0 Å². The van der Waals surface area contributed by atoms with Crippen LogP contribution in [0.1, 0.15) is 0 Å². The van der Waals surface area contributed by atoms with Gasteiger partial charge >= 0.3 is 0 Å². The molecule has 0 atom stereocenters. The molecule has 2 heteroatoms. The Morgan fingerprint density at radius 2 is 0.938 bits per heavy atom. The summed E-state index contributed by atoms with van der Waals surface area (Å²) in [5.41, 5.74) is 10.7. The molecule has 1 aromatic heterocycles. The van der Waals surface area contributed by atoms with E-state index in [1.807, 2.05) is 11.3 Å². The fourth-order valence-electron chi connectivity index (χ4n) is 6.96. The van der Waals surface area contributed by atoms with Crippen LogP contribution < -0.4 is 4.90 Å². The minimum atomic E-state index is 1.12. The molecule has 0 spiro atoms. The van der Waals surface area contributed by atoms with E-state index in [4.69, 9.17) is 0 Å². The number of thiophene rings is 1. The summed E-state index contributed by atoms with van der Waals surface area (Å²) in [4.78, 5) is 2.38. The van der Waals surface area contributed by atoms with Crippen molar-refractivity contribution in [2.45, 2.75) is 0 Å².